The van der Waals surface area contributed by atoms with Crippen LogP contribution in [0.25, 0.3) is 11.0 Å². The second kappa shape index (κ2) is 9.66. The quantitative estimate of drug-likeness (QED) is 0.387. The number of piperidine rings is 1. The van der Waals surface area contributed by atoms with E-state index in [1.54, 1.807) is 24.1 Å². The summed E-state index contributed by atoms with van der Waals surface area (Å²) in [5.41, 5.74) is 2.51. The number of anilines is 1. The lowest BCUT2D eigenvalue weighted by molar-refractivity contribution is -0.120. The normalized spacial score (nSPS) is 23.5. The molecule has 6 nitrogen and oxygen atoms in total. The summed E-state index contributed by atoms with van der Waals surface area (Å²) >= 11 is 3.57. The van der Waals surface area contributed by atoms with Gasteiger partial charge in [-0.2, -0.15) is 0 Å². The van der Waals surface area contributed by atoms with Crippen molar-refractivity contribution in [3.8, 4) is 5.75 Å². The Morgan fingerprint density at radius 1 is 1.06 bits per heavy atom. The van der Waals surface area contributed by atoms with Gasteiger partial charge in [-0.05, 0) is 68.9 Å². The van der Waals surface area contributed by atoms with Crippen molar-refractivity contribution in [2.45, 2.75) is 63.1 Å². The lowest BCUT2D eigenvalue weighted by Gasteiger charge is -2.37. The maximum Gasteiger partial charge on any atom is 0.227 e. The van der Waals surface area contributed by atoms with E-state index in [0.29, 0.717) is 18.2 Å². The van der Waals surface area contributed by atoms with Gasteiger partial charge in [0.2, 0.25) is 5.91 Å². The van der Waals surface area contributed by atoms with Gasteiger partial charge < -0.3 is 18.9 Å². The standard InChI is InChI=1S/C26H29BrFN3O3/c1-33-19-10-7-17(8-11-19)31-22-12-6-16(27)14-21(22)29-26(31)23-4-3-5-25(32)30(23)18-9-13-24(34-2)20(28)15-18/h6,9,12-15,17,19,23H,3-5,7-8,10-11H2,1-2H3. The number of hydrogen-bond donors (Lipinski definition) is 0. The van der Waals surface area contributed by atoms with E-state index in [4.69, 9.17) is 14.5 Å². The number of carbonyl (C=O) groups is 1. The molecule has 0 spiro atoms. The van der Waals surface area contributed by atoms with E-state index in [0.717, 1.165) is 59.9 Å². The number of imidazole rings is 1. The van der Waals surface area contributed by atoms with Crippen molar-refractivity contribution in [3.63, 3.8) is 0 Å². The minimum Gasteiger partial charge on any atom is -0.494 e. The Hall–Kier alpha value is -2.45. The average molecular weight is 530 g/mol. The molecule has 8 heteroatoms. The summed E-state index contributed by atoms with van der Waals surface area (Å²) in [7, 11) is 3.21. The van der Waals surface area contributed by atoms with Gasteiger partial charge in [0.1, 0.15) is 5.82 Å². The number of hydrogen-bond acceptors (Lipinski definition) is 4. The molecule has 2 aliphatic rings. The van der Waals surface area contributed by atoms with Crippen molar-refractivity contribution >= 4 is 38.6 Å². The van der Waals surface area contributed by atoms with Crippen LogP contribution in [0.4, 0.5) is 10.1 Å². The third kappa shape index (κ3) is 4.22. The summed E-state index contributed by atoms with van der Waals surface area (Å²) < 4.78 is 28.6. The molecule has 1 aromatic heterocycles. The number of nitrogens with zero attached hydrogens (tertiary/aromatic N) is 3. The van der Waals surface area contributed by atoms with E-state index in [-0.39, 0.29) is 23.7 Å². The number of ether oxygens (including phenoxy) is 2. The summed E-state index contributed by atoms with van der Waals surface area (Å²) in [6.45, 7) is 0. The number of fused-ring (bicyclic) bond motifs is 1. The van der Waals surface area contributed by atoms with Crippen LogP contribution < -0.4 is 9.64 Å². The fourth-order valence-electron chi connectivity index (χ4n) is 5.49. The van der Waals surface area contributed by atoms with Crippen LogP contribution in [-0.2, 0) is 9.53 Å². The fourth-order valence-corrected chi connectivity index (χ4v) is 5.84. The predicted molar refractivity (Wildman–Crippen MR) is 133 cm³/mol. The molecular weight excluding hydrogens is 501 g/mol. The number of amides is 1. The van der Waals surface area contributed by atoms with Gasteiger partial charge in [0.05, 0.1) is 30.3 Å². The maximum absolute atomic E-state index is 14.6. The Labute approximate surface area is 207 Å². The summed E-state index contributed by atoms with van der Waals surface area (Å²) in [5.74, 6) is 0.547. The van der Waals surface area contributed by atoms with Crippen molar-refractivity contribution < 1.29 is 18.7 Å². The summed E-state index contributed by atoms with van der Waals surface area (Å²) in [4.78, 5) is 20.0. The first-order valence-electron chi connectivity index (χ1n) is 11.9. The highest BCUT2D eigenvalue weighted by atomic mass is 79.9. The van der Waals surface area contributed by atoms with E-state index in [2.05, 4.69) is 26.6 Å². The first-order chi connectivity index (χ1) is 16.5. The fraction of sp³-hybridized carbons (Fsp3) is 0.462. The first-order valence-corrected chi connectivity index (χ1v) is 12.6. The van der Waals surface area contributed by atoms with Crippen molar-refractivity contribution in [1.29, 1.82) is 0 Å². The van der Waals surface area contributed by atoms with E-state index >= 15 is 0 Å². The van der Waals surface area contributed by atoms with Gasteiger partial charge in [0, 0.05) is 35.8 Å². The molecule has 1 amide bonds. The monoisotopic (exact) mass is 529 g/mol. The minimum absolute atomic E-state index is 0.0105. The Morgan fingerprint density at radius 3 is 2.56 bits per heavy atom. The number of halogens is 2. The van der Waals surface area contributed by atoms with Crippen LogP contribution in [0.15, 0.2) is 40.9 Å². The largest absolute Gasteiger partial charge is 0.494 e. The Bertz CT molecular complexity index is 1210. The van der Waals surface area contributed by atoms with Crippen molar-refractivity contribution in [2.75, 3.05) is 19.1 Å². The molecule has 1 aliphatic carbocycles. The van der Waals surface area contributed by atoms with Gasteiger partial charge in [0.25, 0.3) is 0 Å². The van der Waals surface area contributed by atoms with Gasteiger partial charge in [-0.15, -0.1) is 0 Å². The zero-order valence-corrected chi connectivity index (χ0v) is 21.1. The molecule has 1 unspecified atom stereocenters. The van der Waals surface area contributed by atoms with Gasteiger partial charge in [-0.3, -0.25) is 4.79 Å². The molecule has 34 heavy (non-hydrogen) atoms. The molecular formula is C26H29BrFN3O3. The smallest absolute Gasteiger partial charge is 0.227 e. The molecule has 5 rings (SSSR count). The van der Waals surface area contributed by atoms with Gasteiger partial charge in [0.15, 0.2) is 11.6 Å². The molecule has 0 bridgehead atoms. The number of aromatic nitrogens is 2. The SMILES string of the molecule is COc1ccc(N2C(=O)CCCC2c2nc3cc(Br)ccc3n2C2CCC(OC)CC2)cc1F. The van der Waals surface area contributed by atoms with Crippen LogP contribution in [0, 0.1) is 5.82 Å². The van der Waals surface area contributed by atoms with Crippen LogP contribution in [0.2, 0.25) is 0 Å². The first kappa shape index (κ1) is 23.3. The molecule has 1 aliphatic heterocycles. The molecule has 1 atom stereocenters. The molecule has 180 valence electrons. The molecule has 0 radical (unpaired) electrons. The molecule has 2 aromatic carbocycles. The van der Waals surface area contributed by atoms with E-state index in [1.165, 1.54) is 13.2 Å². The van der Waals surface area contributed by atoms with E-state index in [9.17, 15) is 9.18 Å². The van der Waals surface area contributed by atoms with Gasteiger partial charge in [-0.25, -0.2) is 9.37 Å². The third-order valence-corrected chi connectivity index (χ3v) is 7.67. The van der Waals surface area contributed by atoms with Gasteiger partial charge in [-0.1, -0.05) is 15.9 Å². The molecule has 0 N–H and O–H groups in total. The zero-order chi connectivity index (χ0) is 23.8. The number of methoxy groups -OCH3 is 2. The number of carbonyl (C=O) groups excluding carboxylic acids is 1. The molecule has 2 fully saturated rings. The summed E-state index contributed by atoms with van der Waals surface area (Å²) in [5, 5.41) is 0. The van der Waals surface area contributed by atoms with E-state index < -0.39 is 5.82 Å². The van der Waals surface area contributed by atoms with Crippen LogP contribution in [0.5, 0.6) is 5.75 Å². The molecule has 1 saturated carbocycles. The molecule has 1 saturated heterocycles. The zero-order valence-electron chi connectivity index (χ0n) is 19.5. The second-order valence-corrected chi connectivity index (χ2v) is 10.0. The van der Waals surface area contributed by atoms with E-state index in [1.807, 2.05) is 12.1 Å². The van der Waals surface area contributed by atoms with Crippen LogP contribution >= 0.6 is 15.9 Å². The summed E-state index contributed by atoms with van der Waals surface area (Å²) in [6.07, 6.45) is 6.25. The Kier molecular flexibility index (Phi) is 6.62. The van der Waals surface area contributed by atoms with Crippen LogP contribution in [0.3, 0.4) is 0 Å². The van der Waals surface area contributed by atoms with Crippen molar-refractivity contribution in [3.05, 3.63) is 52.5 Å². The lowest BCUT2D eigenvalue weighted by Crippen LogP contribution is -2.40. The number of rotatable bonds is 5. The highest BCUT2D eigenvalue weighted by Crippen LogP contribution is 2.41. The van der Waals surface area contributed by atoms with Crippen LogP contribution in [-0.4, -0.2) is 35.8 Å². The molecule has 3 aromatic rings. The van der Waals surface area contributed by atoms with Gasteiger partial charge >= 0.3 is 0 Å². The topological polar surface area (TPSA) is 56.6 Å². The Morgan fingerprint density at radius 2 is 1.85 bits per heavy atom. The van der Waals surface area contributed by atoms with Crippen molar-refractivity contribution in [1.82, 2.24) is 9.55 Å². The lowest BCUT2D eigenvalue weighted by atomic mass is 9.92. The highest BCUT2D eigenvalue weighted by molar-refractivity contribution is 9.10. The highest BCUT2D eigenvalue weighted by Gasteiger charge is 2.36. The number of benzene rings is 2. The Balaban J connectivity index is 1.61. The average Bonchev–Trinajstić information content (AvgIpc) is 3.22. The predicted octanol–water partition coefficient (Wildman–Crippen LogP) is 6.33. The molecule has 2 heterocycles. The summed E-state index contributed by atoms with van der Waals surface area (Å²) in [6, 6.07) is 10.9. The minimum atomic E-state index is -0.479. The second-order valence-electron chi connectivity index (χ2n) is 9.13. The van der Waals surface area contributed by atoms with Crippen LogP contribution in [0.1, 0.15) is 62.9 Å². The van der Waals surface area contributed by atoms with Crippen molar-refractivity contribution in [2.24, 2.45) is 0 Å². The maximum atomic E-state index is 14.6. The third-order valence-electron chi connectivity index (χ3n) is 7.18.